The van der Waals surface area contributed by atoms with Gasteiger partial charge in [-0.2, -0.15) is 0 Å². The van der Waals surface area contributed by atoms with E-state index in [0.717, 1.165) is 12.8 Å². The van der Waals surface area contributed by atoms with Gasteiger partial charge in [-0.15, -0.1) is 0 Å². The molecule has 114 valence electrons. The number of rotatable bonds is 6. The average molecular weight is 292 g/mol. The van der Waals surface area contributed by atoms with E-state index >= 15 is 0 Å². The topological polar surface area (TPSA) is 90.6 Å². The van der Waals surface area contributed by atoms with Gasteiger partial charge in [-0.3, -0.25) is 4.79 Å². The van der Waals surface area contributed by atoms with Gasteiger partial charge in [-0.1, -0.05) is 0 Å². The van der Waals surface area contributed by atoms with Crippen molar-refractivity contribution in [2.45, 2.75) is 25.3 Å². The number of hydrogen-bond acceptors (Lipinski definition) is 5. The average Bonchev–Trinajstić information content (AvgIpc) is 3.31. The summed E-state index contributed by atoms with van der Waals surface area (Å²) in [5, 5.41) is 2.80. The van der Waals surface area contributed by atoms with E-state index in [9.17, 15) is 9.59 Å². The zero-order chi connectivity index (χ0) is 15.5. The van der Waals surface area contributed by atoms with Crippen LogP contribution >= 0.6 is 0 Å². The molecule has 1 amide bonds. The molecule has 1 aliphatic rings. The number of carbonyl (C=O) groups excluding carboxylic acids is 2. The molecule has 1 aromatic carbocycles. The van der Waals surface area contributed by atoms with Crippen LogP contribution in [0.5, 0.6) is 5.75 Å². The molecule has 1 aromatic rings. The van der Waals surface area contributed by atoms with E-state index in [4.69, 9.17) is 10.5 Å². The predicted molar refractivity (Wildman–Crippen MR) is 77.9 cm³/mol. The number of benzene rings is 1. The van der Waals surface area contributed by atoms with Crippen LogP contribution in [-0.2, 0) is 14.3 Å². The Bertz CT molecular complexity index is 521. The maximum Gasteiger partial charge on any atom is 0.343 e. The minimum absolute atomic E-state index is 0.148. The molecule has 2 rings (SSSR count). The summed E-state index contributed by atoms with van der Waals surface area (Å²) < 4.78 is 9.70. The maximum absolute atomic E-state index is 12.1. The van der Waals surface area contributed by atoms with Crippen molar-refractivity contribution in [1.29, 1.82) is 0 Å². The number of esters is 1. The van der Waals surface area contributed by atoms with Gasteiger partial charge in [0.1, 0.15) is 5.75 Å². The fraction of sp³-hybridized carbons (Fsp3) is 0.467. The molecule has 1 saturated carbocycles. The number of amides is 1. The standard InChI is InChI=1S/C15H20N2O4/c1-15(16,10-3-4-10)14(19)17-11-5-7-12(8-6-11)21-9-13(18)20-2/h5-8,10H,3-4,9,16H2,1-2H3,(H,17,19). The number of methoxy groups -OCH3 is 1. The molecule has 1 fully saturated rings. The number of carbonyl (C=O) groups is 2. The first-order valence-corrected chi connectivity index (χ1v) is 6.83. The predicted octanol–water partition coefficient (Wildman–Crippen LogP) is 1.30. The highest BCUT2D eigenvalue weighted by Crippen LogP contribution is 2.38. The van der Waals surface area contributed by atoms with Crippen LogP contribution < -0.4 is 15.8 Å². The molecule has 21 heavy (non-hydrogen) atoms. The Morgan fingerprint density at radius 3 is 2.48 bits per heavy atom. The van der Waals surface area contributed by atoms with Gasteiger partial charge >= 0.3 is 5.97 Å². The van der Waals surface area contributed by atoms with E-state index in [1.54, 1.807) is 31.2 Å². The summed E-state index contributed by atoms with van der Waals surface area (Å²) in [6, 6.07) is 6.74. The third-order valence-corrected chi connectivity index (χ3v) is 3.61. The van der Waals surface area contributed by atoms with Crippen molar-refractivity contribution >= 4 is 17.6 Å². The van der Waals surface area contributed by atoms with E-state index < -0.39 is 11.5 Å². The van der Waals surface area contributed by atoms with Gasteiger partial charge in [0.25, 0.3) is 0 Å². The first kappa shape index (κ1) is 15.3. The van der Waals surface area contributed by atoms with Crippen LogP contribution in [0.1, 0.15) is 19.8 Å². The summed E-state index contributed by atoms with van der Waals surface area (Å²) in [5.41, 5.74) is 5.86. The van der Waals surface area contributed by atoms with E-state index in [-0.39, 0.29) is 18.4 Å². The van der Waals surface area contributed by atoms with Crippen molar-refractivity contribution < 1.29 is 19.1 Å². The van der Waals surface area contributed by atoms with Crippen LogP contribution in [0.4, 0.5) is 5.69 Å². The Morgan fingerprint density at radius 2 is 1.95 bits per heavy atom. The molecule has 3 N–H and O–H groups in total. The molecule has 1 aliphatic carbocycles. The molecule has 0 aliphatic heterocycles. The number of hydrogen-bond donors (Lipinski definition) is 2. The third-order valence-electron chi connectivity index (χ3n) is 3.61. The van der Waals surface area contributed by atoms with Crippen molar-refractivity contribution in [2.24, 2.45) is 11.7 Å². The molecule has 0 saturated heterocycles. The smallest absolute Gasteiger partial charge is 0.343 e. The van der Waals surface area contributed by atoms with Crippen LogP contribution in [0.3, 0.4) is 0 Å². The number of nitrogens with two attached hydrogens (primary N) is 1. The van der Waals surface area contributed by atoms with Gasteiger partial charge in [0.05, 0.1) is 12.6 Å². The van der Waals surface area contributed by atoms with Crippen LogP contribution in [-0.4, -0.2) is 31.1 Å². The molecular weight excluding hydrogens is 272 g/mol. The van der Waals surface area contributed by atoms with Gasteiger partial charge in [0.15, 0.2) is 6.61 Å². The van der Waals surface area contributed by atoms with Gasteiger partial charge in [-0.25, -0.2) is 4.79 Å². The lowest BCUT2D eigenvalue weighted by molar-refractivity contribution is -0.142. The highest BCUT2D eigenvalue weighted by molar-refractivity contribution is 5.98. The lowest BCUT2D eigenvalue weighted by Gasteiger charge is -2.23. The summed E-state index contributed by atoms with van der Waals surface area (Å²) in [4.78, 5) is 23.1. The van der Waals surface area contributed by atoms with Crippen LogP contribution in [0.25, 0.3) is 0 Å². The molecule has 0 aromatic heterocycles. The second kappa shape index (κ2) is 6.13. The van der Waals surface area contributed by atoms with Crippen LogP contribution in [0.2, 0.25) is 0 Å². The van der Waals surface area contributed by atoms with Gasteiger partial charge in [0, 0.05) is 5.69 Å². The molecule has 1 unspecified atom stereocenters. The van der Waals surface area contributed by atoms with E-state index in [0.29, 0.717) is 11.4 Å². The van der Waals surface area contributed by atoms with E-state index in [2.05, 4.69) is 10.1 Å². The third kappa shape index (κ3) is 3.95. The van der Waals surface area contributed by atoms with Crippen molar-refractivity contribution in [1.82, 2.24) is 0 Å². The molecule has 0 spiro atoms. The lowest BCUT2D eigenvalue weighted by atomic mass is 9.96. The zero-order valence-corrected chi connectivity index (χ0v) is 12.2. The van der Waals surface area contributed by atoms with Crippen molar-refractivity contribution in [3.8, 4) is 5.75 Å². The number of ether oxygens (including phenoxy) is 2. The summed E-state index contributed by atoms with van der Waals surface area (Å²) in [7, 11) is 1.30. The summed E-state index contributed by atoms with van der Waals surface area (Å²) >= 11 is 0. The van der Waals surface area contributed by atoms with Crippen molar-refractivity contribution in [2.75, 3.05) is 19.0 Å². The van der Waals surface area contributed by atoms with Gasteiger partial charge < -0.3 is 20.5 Å². The van der Waals surface area contributed by atoms with Crippen molar-refractivity contribution in [3.05, 3.63) is 24.3 Å². The van der Waals surface area contributed by atoms with E-state index in [1.807, 2.05) is 0 Å². The zero-order valence-electron chi connectivity index (χ0n) is 12.2. The fourth-order valence-corrected chi connectivity index (χ4v) is 1.97. The SMILES string of the molecule is COC(=O)COc1ccc(NC(=O)C(C)(N)C2CC2)cc1. The molecule has 6 heteroatoms. The Hall–Kier alpha value is -2.08. The summed E-state index contributed by atoms with van der Waals surface area (Å²) in [6.07, 6.45) is 2.00. The molecule has 0 bridgehead atoms. The lowest BCUT2D eigenvalue weighted by Crippen LogP contribution is -2.50. The largest absolute Gasteiger partial charge is 0.482 e. The minimum Gasteiger partial charge on any atom is -0.482 e. The molecular formula is C15H20N2O4. The highest BCUT2D eigenvalue weighted by atomic mass is 16.6. The van der Waals surface area contributed by atoms with E-state index in [1.165, 1.54) is 7.11 Å². The first-order valence-electron chi connectivity index (χ1n) is 6.83. The number of nitrogens with one attached hydrogen (secondary N) is 1. The minimum atomic E-state index is -0.833. The van der Waals surface area contributed by atoms with Gasteiger partial charge in [0.2, 0.25) is 5.91 Å². The molecule has 1 atom stereocenters. The fourth-order valence-electron chi connectivity index (χ4n) is 1.97. The Labute approximate surface area is 123 Å². The second-order valence-corrected chi connectivity index (χ2v) is 5.40. The van der Waals surface area contributed by atoms with Crippen LogP contribution in [0, 0.1) is 5.92 Å². The molecule has 0 heterocycles. The second-order valence-electron chi connectivity index (χ2n) is 5.40. The number of anilines is 1. The quantitative estimate of drug-likeness (QED) is 0.771. The summed E-state index contributed by atoms with van der Waals surface area (Å²) in [5.74, 6) is 0.153. The highest BCUT2D eigenvalue weighted by Gasteiger charge is 2.44. The maximum atomic E-state index is 12.1. The van der Waals surface area contributed by atoms with Crippen LogP contribution in [0.15, 0.2) is 24.3 Å². The first-order chi connectivity index (χ1) is 9.93. The van der Waals surface area contributed by atoms with Crippen molar-refractivity contribution in [3.63, 3.8) is 0 Å². The Kier molecular flexibility index (Phi) is 4.47. The monoisotopic (exact) mass is 292 g/mol. The van der Waals surface area contributed by atoms with Gasteiger partial charge in [-0.05, 0) is 49.9 Å². The molecule has 6 nitrogen and oxygen atoms in total. The Balaban J connectivity index is 1.90. The summed E-state index contributed by atoms with van der Waals surface area (Å²) in [6.45, 7) is 1.61. The normalized spacial score (nSPS) is 16.7. The molecule has 0 radical (unpaired) electrons. The Morgan fingerprint density at radius 1 is 1.33 bits per heavy atom.